The van der Waals surface area contributed by atoms with Gasteiger partial charge in [0.1, 0.15) is 0 Å². The van der Waals surface area contributed by atoms with Crippen LogP contribution in [0.15, 0.2) is 0 Å². The molecule has 3 nitrogen and oxygen atoms in total. The first kappa shape index (κ1) is 12.1. The SMILES string of the molecule is COC(=O)[C@]12C[C@H]1CO[Si]2(C(C)C)C(C)C. The van der Waals surface area contributed by atoms with E-state index in [2.05, 4.69) is 27.7 Å². The van der Waals surface area contributed by atoms with Gasteiger partial charge in [0.25, 0.3) is 0 Å². The number of fused-ring (bicyclic) bond motifs is 1. The molecule has 0 amide bonds. The molecule has 1 heterocycles. The van der Waals surface area contributed by atoms with Gasteiger partial charge in [-0.2, -0.15) is 0 Å². The summed E-state index contributed by atoms with van der Waals surface area (Å²) in [7, 11) is -0.521. The number of hydrogen-bond acceptors (Lipinski definition) is 3. The van der Waals surface area contributed by atoms with E-state index in [-0.39, 0.29) is 11.0 Å². The summed E-state index contributed by atoms with van der Waals surface area (Å²) in [6, 6.07) is 0. The summed E-state index contributed by atoms with van der Waals surface area (Å²) in [5.41, 5.74) is 0.943. The van der Waals surface area contributed by atoms with Crippen molar-refractivity contribution >= 4 is 14.3 Å². The van der Waals surface area contributed by atoms with Crippen LogP contribution in [-0.2, 0) is 14.0 Å². The van der Waals surface area contributed by atoms with Crippen LogP contribution in [0.3, 0.4) is 0 Å². The van der Waals surface area contributed by atoms with Crippen molar-refractivity contribution in [2.75, 3.05) is 13.7 Å². The minimum absolute atomic E-state index is 0.0101. The summed E-state index contributed by atoms with van der Waals surface area (Å²) in [5, 5.41) is -0.218. The Hall–Kier alpha value is -0.353. The van der Waals surface area contributed by atoms with E-state index < -0.39 is 8.32 Å². The number of carbonyl (C=O) groups is 1. The highest BCUT2D eigenvalue weighted by Crippen LogP contribution is 2.75. The molecule has 0 spiro atoms. The Morgan fingerprint density at radius 3 is 2.31 bits per heavy atom. The van der Waals surface area contributed by atoms with Gasteiger partial charge in [0.2, 0.25) is 8.32 Å². The van der Waals surface area contributed by atoms with E-state index in [0.29, 0.717) is 17.0 Å². The number of rotatable bonds is 3. The van der Waals surface area contributed by atoms with E-state index in [4.69, 9.17) is 9.16 Å². The second-order valence-electron chi connectivity index (χ2n) is 5.78. The third-order valence-corrected chi connectivity index (χ3v) is 10.9. The maximum Gasteiger partial charge on any atom is 0.311 e. The van der Waals surface area contributed by atoms with Crippen LogP contribution in [-0.4, -0.2) is 28.0 Å². The topological polar surface area (TPSA) is 35.5 Å². The molecule has 0 radical (unpaired) electrons. The van der Waals surface area contributed by atoms with E-state index in [9.17, 15) is 4.79 Å². The Balaban J connectivity index is 2.43. The van der Waals surface area contributed by atoms with Gasteiger partial charge in [-0.15, -0.1) is 0 Å². The first-order valence-corrected chi connectivity index (χ1v) is 8.22. The van der Waals surface area contributed by atoms with Crippen LogP contribution < -0.4 is 0 Å². The summed E-state index contributed by atoms with van der Waals surface area (Å²) in [6.45, 7) is 9.60. The molecule has 0 bridgehead atoms. The largest absolute Gasteiger partial charge is 0.469 e. The van der Waals surface area contributed by atoms with E-state index in [1.54, 1.807) is 0 Å². The van der Waals surface area contributed by atoms with Crippen LogP contribution in [0, 0.1) is 5.92 Å². The van der Waals surface area contributed by atoms with Crippen LogP contribution in [0.1, 0.15) is 34.1 Å². The van der Waals surface area contributed by atoms with Crippen molar-refractivity contribution in [3.05, 3.63) is 0 Å². The van der Waals surface area contributed by atoms with Crippen LogP contribution in [0.4, 0.5) is 0 Å². The lowest BCUT2D eigenvalue weighted by Gasteiger charge is -2.40. The molecule has 1 saturated heterocycles. The number of hydrogen-bond donors (Lipinski definition) is 0. The highest BCUT2D eigenvalue weighted by atomic mass is 28.4. The maximum absolute atomic E-state index is 12.1. The van der Waals surface area contributed by atoms with Crippen molar-refractivity contribution in [3.8, 4) is 0 Å². The van der Waals surface area contributed by atoms with Gasteiger partial charge >= 0.3 is 5.97 Å². The molecule has 0 aromatic rings. The summed E-state index contributed by atoms with van der Waals surface area (Å²) in [5.74, 6) is 0.431. The maximum atomic E-state index is 12.1. The molecule has 1 saturated carbocycles. The zero-order valence-electron chi connectivity index (χ0n) is 10.9. The highest BCUT2D eigenvalue weighted by Gasteiger charge is 2.80. The normalized spacial score (nSPS) is 35.3. The zero-order valence-corrected chi connectivity index (χ0v) is 11.9. The fraction of sp³-hybridized carbons (Fsp3) is 0.917. The molecular weight excluding hydrogens is 220 g/mol. The molecule has 2 fully saturated rings. The molecule has 0 N–H and O–H groups in total. The van der Waals surface area contributed by atoms with Crippen molar-refractivity contribution in [2.45, 2.75) is 50.2 Å². The number of ether oxygens (including phenoxy) is 1. The van der Waals surface area contributed by atoms with Crippen molar-refractivity contribution in [3.63, 3.8) is 0 Å². The van der Waals surface area contributed by atoms with E-state index in [0.717, 1.165) is 13.0 Å². The van der Waals surface area contributed by atoms with Crippen LogP contribution >= 0.6 is 0 Å². The molecule has 16 heavy (non-hydrogen) atoms. The van der Waals surface area contributed by atoms with Gasteiger partial charge < -0.3 is 9.16 Å². The second-order valence-corrected chi connectivity index (χ2v) is 10.9. The monoisotopic (exact) mass is 242 g/mol. The Bertz CT molecular complexity index is 305. The Kier molecular flexibility index (Phi) is 2.70. The molecule has 2 rings (SSSR count). The molecule has 1 aliphatic carbocycles. The molecule has 0 unspecified atom stereocenters. The van der Waals surface area contributed by atoms with Crippen LogP contribution in [0.2, 0.25) is 16.1 Å². The lowest BCUT2D eigenvalue weighted by Crippen LogP contribution is -2.51. The number of esters is 1. The van der Waals surface area contributed by atoms with Gasteiger partial charge in [-0.3, -0.25) is 4.79 Å². The van der Waals surface area contributed by atoms with Gasteiger partial charge in [0.15, 0.2) is 0 Å². The summed E-state index contributed by atoms with van der Waals surface area (Å²) in [4.78, 5) is 12.1. The number of carbonyl (C=O) groups excluding carboxylic acids is 1. The van der Waals surface area contributed by atoms with Crippen molar-refractivity contribution in [2.24, 2.45) is 5.92 Å². The predicted octanol–water partition coefficient (Wildman–Crippen LogP) is 2.72. The zero-order chi connectivity index (χ0) is 12.1. The van der Waals surface area contributed by atoms with Gasteiger partial charge in [-0.25, -0.2) is 0 Å². The first-order chi connectivity index (χ1) is 7.43. The quantitative estimate of drug-likeness (QED) is 0.564. The second kappa shape index (κ2) is 3.57. The molecule has 2 aliphatic rings. The molecule has 92 valence electrons. The standard InChI is InChI=1S/C12H22O3Si/c1-8(2)16(9(3)4)12(11(13)14-5)6-10(12)7-15-16/h8-10H,6-7H2,1-5H3/t10-,12-/m0/s1. The van der Waals surface area contributed by atoms with Gasteiger partial charge in [0.05, 0.1) is 12.1 Å². The molecule has 1 aliphatic heterocycles. The molecular formula is C12H22O3Si. The average Bonchev–Trinajstić information content (AvgIpc) is 2.86. The lowest BCUT2D eigenvalue weighted by molar-refractivity contribution is -0.142. The van der Waals surface area contributed by atoms with Crippen molar-refractivity contribution in [1.29, 1.82) is 0 Å². The summed E-state index contributed by atoms with van der Waals surface area (Å²) >= 11 is 0. The van der Waals surface area contributed by atoms with E-state index >= 15 is 0 Å². The van der Waals surface area contributed by atoms with Gasteiger partial charge in [-0.1, -0.05) is 27.7 Å². The van der Waals surface area contributed by atoms with Gasteiger partial charge in [0, 0.05) is 6.61 Å². The molecule has 0 aromatic heterocycles. The Morgan fingerprint density at radius 2 is 1.94 bits per heavy atom. The van der Waals surface area contributed by atoms with Crippen LogP contribution in [0.25, 0.3) is 0 Å². The summed E-state index contributed by atoms with van der Waals surface area (Å²) < 4.78 is 11.2. The lowest BCUT2D eigenvalue weighted by atomic mass is 10.3. The van der Waals surface area contributed by atoms with Crippen molar-refractivity contribution in [1.82, 2.24) is 0 Å². The third-order valence-electron chi connectivity index (χ3n) is 4.59. The fourth-order valence-electron chi connectivity index (χ4n) is 4.00. The molecule has 0 aromatic carbocycles. The number of methoxy groups -OCH3 is 1. The third kappa shape index (κ3) is 1.15. The van der Waals surface area contributed by atoms with Crippen LogP contribution in [0.5, 0.6) is 0 Å². The Morgan fingerprint density at radius 1 is 1.38 bits per heavy atom. The smallest absolute Gasteiger partial charge is 0.311 e. The van der Waals surface area contributed by atoms with E-state index in [1.807, 2.05) is 0 Å². The van der Waals surface area contributed by atoms with Crippen molar-refractivity contribution < 1.29 is 14.0 Å². The fourth-order valence-corrected chi connectivity index (χ4v) is 10.5. The van der Waals surface area contributed by atoms with Gasteiger partial charge in [-0.05, 0) is 23.4 Å². The molecule has 4 heteroatoms. The minimum atomic E-state index is -2.03. The first-order valence-electron chi connectivity index (χ1n) is 6.15. The highest BCUT2D eigenvalue weighted by molar-refractivity contribution is 6.84. The average molecular weight is 242 g/mol. The minimum Gasteiger partial charge on any atom is -0.469 e. The summed E-state index contributed by atoms with van der Waals surface area (Å²) in [6.07, 6.45) is 1.00. The Labute approximate surface area is 98.6 Å². The predicted molar refractivity (Wildman–Crippen MR) is 64.7 cm³/mol. The van der Waals surface area contributed by atoms with E-state index in [1.165, 1.54) is 7.11 Å². The molecule has 2 atom stereocenters.